The number of nitrogens with zero attached hydrogens (tertiary/aromatic N) is 1. The highest BCUT2D eigenvalue weighted by molar-refractivity contribution is 5.89. The van der Waals surface area contributed by atoms with E-state index >= 15 is 0 Å². The number of esters is 1. The Balaban J connectivity index is 2.40. The van der Waals surface area contributed by atoms with Crippen molar-refractivity contribution in [3.8, 4) is 0 Å². The maximum Gasteiger partial charge on any atom is 0.360 e. The fourth-order valence-electron chi connectivity index (χ4n) is 2.37. The second kappa shape index (κ2) is 4.55. The molecule has 0 radical (unpaired) electrons. The molecular formula is C13H17NO4. The minimum Gasteiger partial charge on any atom is -0.461 e. The topological polar surface area (TPSA) is 69.4 Å². The molecule has 5 nitrogen and oxygen atoms in total. The van der Waals surface area contributed by atoms with E-state index in [0.29, 0.717) is 18.8 Å². The fraction of sp³-hybridized carbons (Fsp3) is 0.615. The molecule has 0 aliphatic heterocycles. The summed E-state index contributed by atoms with van der Waals surface area (Å²) >= 11 is 0. The summed E-state index contributed by atoms with van der Waals surface area (Å²) in [7, 11) is 0. The normalized spacial score (nSPS) is 21.2. The Labute approximate surface area is 105 Å². The third-order valence-corrected chi connectivity index (χ3v) is 3.57. The van der Waals surface area contributed by atoms with Crippen LogP contribution in [0.25, 0.3) is 0 Å². The molecule has 1 heterocycles. The maximum atomic E-state index is 11.7. The molecule has 5 heteroatoms. The van der Waals surface area contributed by atoms with Crippen LogP contribution in [0.4, 0.5) is 0 Å². The second-order valence-corrected chi connectivity index (χ2v) is 5.20. The SMILES string of the molecule is CCOC(=O)c1noc2c1CCC(C)(C)C2C=O. The second-order valence-electron chi connectivity index (χ2n) is 5.20. The van der Waals surface area contributed by atoms with Crippen molar-refractivity contribution in [3.05, 3.63) is 17.0 Å². The first-order valence-electron chi connectivity index (χ1n) is 6.12. The van der Waals surface area contributed by atoms with Crippen molar-refractivity contribution >= 4 is 12.3 Å². The highest BCUT2D eigenvalue weighted by Gasteiger charge is 2.41. The van der Waals surface area contributed by atoms with Gasteiger partial charge in [-0.15, -0.1) is 0 Å². The van der Waals surface area contributed by atoms with Crippen LogP contribution in [0.2, 0.25) is 0 Å². The smallest absolute Gasteiger partial charge is 0.360 e. The third-order valence-electron chi connectivity index (χ3n) is 3.57. The van der Waals surface area contributed by atoms with Gasteiger partial charge in [-0.25, -0.2) is 4.79 Å². The van der Waals surface area contributed by atoms with Crippen LogP contribution in [0.5, 0.6) is 0 Å². The Bertz CT molecular complexity index is 475. The Morgan fingerprint density at radius 2 is 2.33 bits per heavy atom. The summed E-state index contributed by atoms with van der Waals surface area (Å²) in [5.74, 6) is -0.312. The van der Waals surface area contributed by atoms with E-state index < -0.39 is 5.97 Å². The van der Waals surface area contributed by atoms with Crippen LogP contribution in [0, 0.1) is 5.41 Å². The van der Waals surface area contributed by atoms with E-state index in [9.17, 15) is 9.59 Å². The zero-order valence-corrected chi connectivity index (χ0v) is 10.9. The van der Waals surface area contributed by atoms with Crippen molar-refractivity contribution in [2.45, 2.75) is 39.5 Å². The van der Waals surface area contributed by atoms with Gasteiger partial charge in [-0.2, -0.15) is 0 Å². The fourth-order valence-corrected chi connectivity index (χ4v) is 2.37. The van der Waals surface area contributed by atoms with Crippen LogP contribution in [0.1, 0.15) is 54.9 Å². The van der Waals surface area contributed by atoms with Gasteiger partial charge in [0.2, 0.25) is 0 Å². The lowest BCUT2D eigenvalue weighted by Gasteiger charge is -2.33. The molecular weight excluding hydrogens is 234 g/mol. The van der Waals surface area contributed by atoms with E-state index in [2.05, 4.69) is 5.16 Å². The molecule has 0 saturated heterocycles. The van der Waals surface area contributed by atoms with Gasteiger partial charge in [0.05, 0.1) is 12.5 Å². The van der Waals surface area contributed by atoms with E-state index in [0.717, 1.165) is 18.3 Å². The number of aromatic nitrogens is 1. The zero-order chi connectivity index (χ0) is 13.3. The minimum absolute atomic E-state index is 0.166. The number of hydrogen-bond donors (Lipinski definition) is 0. The molecule has 0 N–H and O–H groups in total. The Kier molecular flexibility index (Phi) is 3.24. The van der Waals surface area contributed by atoms with Crippen LogP contribution >= 0.6 is 0 Å². The molecule has 1 aliphatic carbocycles. The summed E-state index contributed by atoms with van der Waals surface area (Å²) < 4.78 is 10.1. The zero-order valence-electron chi connectivity index (χ0n) is 10.9. The highest BCUT2D eigenvalue weighted by atomic mass is 16.5. The van der Waals surface area contributed by atoms with E-state index in [1.165, 1.54) is 0 Å². The van der Waals surface area contributed by atoms with Crippen molar-refractivity contribution in [2.24, 2.45) is 5.41 Å². The van der Waals surface area contributed by atoms with E-state index in [1.54, 1.807) is 6.92 Å². The molecule has 0 fully saturated rings. The molecule has 1 aromatic heterocycles. The number of carbonyl (C=O) groups is 2. The molecule has 1 atom stereocenters. The molecule has 0 spiro atoms. The number of fused-ring (bicyclic) bond motifs is 1. The first kappa shape index (κ1) is 12.8. The predicted molar refractivity (Wildman–Crippen MR) is 63.4 cm³/mol. The summed E-state index contributed by atoms with van der Waals surface area (Å²) in [5, 5.41) is 3.77. The molecule has 2 rings (SSSR count). The van der Waals surface area contributed by atoms with Gasteiger partial charge < -0.3 is 14.1 Å². The van der Waals surface area contributed by atoms with Gasteiger partial charge in [-0.1, -0.05) is 19.0 Å². The van der Waals surface area contributed by atoms with Crippen LogP contribution < -0.4 is 0 Å². The van der Waals surface area contributed by atoms with E-state index in [1.807, 2.05) is 13.8 Å². The number of hydrogen-bond acceptors (Lipinski definition) is 5. The predicted octanol–water partition coefficient (Wildman–Crippen LogP) is 2.11. The van der Waals surface area contributed by atoms with E-state index in [-0.39, 0.29) is 17.0 Å². The van der Waals surface area contributed by atoms with Gasteiger partial charge in [0.15, 0.2) is 11.5 Å². The molecule has 1 aromatic rings. The van der Waals surface area contributed by atoms with Crippen molar-refractivity contribution < 1.29 is 18.8 Å². The summed E-state index contributed by atoms with van der Waals surface area (Å²) in [4.78, 5) is 22.9. The number of ether oxygens (including phenoxy) is 1. The maximum absolute atomic E-state index is 11.7. The van der Waals surface area contributed by atoms with Crippen LogP contribution in [-0.4, -0.2) is 24.0 Å². The molecule has 0 saturated carbocycles. The molecule has 0 aromatic carbocycles. The lowest BCUT2D eigenvalue weighted by atomic mass is 9.69. The van der Waals surface area contributed by atoms with Crippen molar-refractivity contribution in [2.75, 3.05) is 6.61 Å². The first-order valence-corrected chi connectivity index (χ1v) is 6.12. The van der Waals surface area contributed by atoms with Gasteiger partial charge in [0.25, 0.3) is 0 Å². The molecule has 18 heavy (non-hydrogen) atoms. The summed E-state index contributed by atoms with van der Waals surface area (Å²) in [6, 6.07) is 0. The van der Waals surface area contributed by atoms with Crippen molar-refractivity contribution in [1.82, 2.24) is 5.16 Å². The quantitative estimate of drug-likeness (QED) is 0.607. The molecule has 98 valence electrons. The van der Waals surface area contributed by atoms with Crippen LogP contribution in [0.15, 0.2) is 4.52 Å². The van der Waals surface area contributed by atoms with E-state index in [4.69, 9.17) is 9.26 Å². The third kappa shape index (κ3) is 1.94. The molecule has 1 aliphatic rings. The molecule has 1 unspecified atom stereocenters. The van der Waals surface area contributed by atoms with Gasteiger partial charge in [-0.3, -0.25) is 0 Å². The lowest BCUT2D eigenvalue weighted by molar-refractivity contribution is -0.112. The summed E-state index contributed by atoms with van der Waals surface area (Å²) in [6.07, 6.45) is 2.37. The molecule has 0 bridgehead atoms. The average Bonchev–Trinajstić information content (AvgIpc) is 2.72. The van der Waals surface area contributed by atoms with Crippen LogP contribution in [-0.2, 0) is 16.0 Å². The standard InChI is InChI=1S/C13H17NO4/c1-4-17-12(16)10-8-5-6-13(2,3)9(7-15)11(8)18-14-10/h7,9H,4-6H2,1-3H3. The highest BCUT2D eigenvalue weighted by Crippen LogP contribution is 2.44. The lowest BCUT2D eigenvalue weighted by Crippen LogP contribution is -2.29. The first-order chi connectivity index (χ1) is 8.51. The summed E-state index contributed by atoms with van der Waals surface area (Å²) in [5.41, 5.74) is 0.777. The number of rotatable bonds is 3. The van der Waals surface area contributed by atoms with Gasteiger partial charge in [0.1, 0.15) is 6.29 Å². The number of carbonyl (C=O) groups excluding carboxylic acids is 2. The van der Waals surface area contributed by atoms with Gasteiger partial charge in [-0.05, 0) is 25.2 Å². The minimum atomic E-state index is -0.480. The van der Waals surface area contributed by atoms with Crippen molar-refractivity contribution in [3.63, 3.8) is 0 Å². The van der Waals surface area contributed by atoms with Gasteiger partial charge >= 0.3 is 5.97 Å². The average molecular weight is 251 g/mol. The Morgan fingerprint density at radius 3 is 2.94 bits per heavy atom. The largest absolute Gasteiger partial charge is 0.461 e. The number of aldehydes is 1. The monoisotopic (exact) mass is 251 g/mol. The molecule has 0 amide bonds. The van der Waals surface area contributed by atoms with Crippen molar-refractivity contribution in [1.29, 1.82) is 0 Å². The Morgan fingerprint density at radius 1 is 1.61 bits per heavy atom. The Hall–Kier alpha value is -1.65. The van der Waals surface area contributed by atoms with Gasteiger partial charge in [0, 0.05) is 5.56 Å². The summed E-state index contributed by atoms with van der Waals surface area (Å²) in [6.45, 7) is 6.06. The van der Waals surface area contributed by atoms with Crippen LogP contribution in [0.3, 0.4) is 0 Å².